The Morgan fingerprint density at radius 2 is 1.70 bits per heavy atom. The summed E-state index contributed by atoms with van der Waals surface area (Å²) in [4.78, 5) is 15.5. The van der Waals surface area contributed by atoms with Gasteiger partial charge in [0.15, 0.2) is 0 Å². The quantitative estimate of drug-likeness (QED) is 0.699. The number of rotatable bonds is 8. The van der Waals surface area contributed by atoms with Gasteiger partial charge in [-0.3, -0.25) is 19.9 Å². The van der Waals surface area contributed by atoms with Crippen LogP contribution in [0.4, 0.5) is 0 Å². The van der Waals surface area contributed by atoms with Crippen LogP contribution >= 0.6 is 0 Å². The number of nitrogens with zero attached hydrogens (tertiary/aromatic N) is 4. The van der Waals surface area contributed by atoms with Crippen LogP contribution in [0.15, 0.2) is 78.7 Å². The molecule has 0 saturated heterocycles. The third-order valence-corrected chi connectivity index (χ3v) is 3.23. The first-order valence-corrected chi connectivity index (χ1v) is 7.64. The van der Waals surface area contributed by atoms with E-state index in [0.717, 1.165) is 30.2 Å². The maximum Gasteiger partial charge on any atom is 0.0544 e. The van der Waals surface area contributed by atoms with Crippen molar-refractivity contribution >= 4 is 5.71 Å². The first kappa shape index (κ1) is 16.8. The third-order valence-electron chi connectivity index (χ3n) is 3.23. The molecule has 0 amide bonds. The monoisotopic (exact) mass is 306 g/mol. The first-order chi connectivity index (χ1) is 11.3. The van der Waals surface area contributed by atoms with Gasteiger partial charge in [-0.1, -0.05) is 24.8 Å². The number of pyridine rings is 2. The molecule has 0 aliphatic rings. The van der Waals surface area contributed by atoms with Gasteiger partial charge in [-0.05, 0) is 37.3 Å². The molecule has 0 radical (unpaired) electrons. The van der Waals surface area contributed by atoms with E-state index in [9.17, 15) is 0 Å². The molecular weight excluding hydrogens is 284 g/mol. The topological polar surface area (TPSA) is 41.4 Å². The highest BCUT2D eigenvalue weighted by atomic mass is 15.1. The molecule has 0 bridgehead atoms. The highest BCUT2D eigenvalue weighted by Gasteiger charge is 2.10. The van der Waals surface area contributed by atoms with Gasteiger partial charge < -0.3 is 0 Å². The summed E-state index contributed by atoms with van der Waals surface area (Å²) in [5, 5.41) is 0. The second-order valence-corrected chi connectivity index (χ2v) is 5.09. The molecule has 0 unspecified atom stereocenters. The van der Waals surface area contributed by atoms with E-state index in [1.807, 2.05) is 67.9 Å². The van der Waals surface area contributed by atoms with Gasteiger partial charge in [0, 0.05) is 38.2 Å². The lowest BCUT2D eigenvalue weighted by Gasteiger charge is -2.21. The molecule has 0 N–H and O–H groups in total. The average Bonchev–Trinajstić information content (AvgIpc) is 2.57. The second-order valence-electron chi connectivity index (χ2n) is 5.09. The zero-order valence-electron chi connectivity index (χ0n) is 13.5. The summed E-state index contributed by atoms with van der Waals surface area (Å²) in [6, 6.07) is 11.9. The first-order valence-electron chi connectivity index (χ1n) is 7.64. The fraction of sp³-hybridized carbons (Fsp3) is 0.211. The molecule has 0 aromatic carbocycles. The van der Waals surface area contributed by atoms with Crippen molar-refractivity contribution in [3.8, 4) is 0 Å². The average molecular weight is 306 g/mol. The zero-order chi connectivity index (χ0) is 16.3. The summed E-state index contributed by atoms with van der Waals surface area (Å²) in [5.41, 5.74) is 3.03. The van der Waals surface area contributed by atoms with Crippen LogP contribution < -0.4 is 0 Å². The van der Waals surface area contributed by atoms with Gasteiger partial charge in [0.05, 0.1) is 17.1 Å². The van der Waals surface area contributed by atoms with Gasteiger partial charge >= 0.3 is 0 Å². The van der Waals surface area contributed by atoms with E-state index in [-0.39, 0.29) is 0 Å². The van der Waals surface area contributed by atoms with E-state index < -0.39 is 0 Å². The number of hydrogen-bond donors (Lipinski definition) is 0. The van der Waals surface area contributed by atoms with E-state index >= 15 is 0 Å². The molecule has 4 nitrogen and oxygen atoms in total. The Morgan fingerprint density at radius 3 is 2.13 bits per heavy atom. The molecule has 0 aliphatic heterocycles. The van der Waals surface area contributed by atoms with Crippen LogP contribution in [0.5, 0.6) is 0 Å². The van der Waals surface area contributed by atoms with Gasteiger partial charge in [0.25, 0.3) is 0 Å². The molecular formula is C19H22N4. The lowest BCUT2D eigenvalue weighted by Crippen LogP contribution is -2.29. The molecule has 2 aromatic rings. The van der Waals surface area contributed by atoms with Crippen LogP contribution in [-0.2, 0) is 13.1 Å². The zero-order valence-corrected chi connectivity index (χ0v) is 13.5. The number of aliphatic imine (C=N–C) groups is 1. The highest BCUT2D eigenvalue weighted by Crippen LogP contribution is 2.07. The molecule has 118 valence electrons. The molecule has 2 heterocycles. The Labute approximate surface area is 137 Å². The van der Waals surface area contributed by atoms with Crippen LogP contribution in [0.1, 0.15) is 18.3 Å². The van der Waals surface area contributed by atoms with Gasteiger partial charge in [0.1, 0.15) is 0 Å². The van der Waals surface area contributed by atoms with Gasteiger partial charge in [-0.2, -0.15) is 0 Å². The predicted octanol–water partition coefficient (Wildman–Crippen LogP) is 3.64. The van der Waals surface area contributed by atoms with Crippen molar-refractivity contribution < 1.29 is 0 Å². The molecule has 4 heteroatoms. The van der Waals surface area contributed by atoms with Gasteiger partial charge in [0.2, 0.25) is 0 Å². The minimum Gasteiger partial charge on any atom is -0.286 e. The van der Waals surface area contributed by atoms with E-state index in [1.54, 1.807) is 6.20 Å². The molecule has 23 heavy (non-hydrogen) atoms. The Morgan fingerprint density at radius 1 is 1.09 bits per heavy atom. The van der Waals surface area contributed by atoms with E-state index in [0.29, 0.717) is 6.54 Å². The molecule has 0 spiro atoms. The maximum atomic E-state index is 4.42. The lowest BCUT2D eigenvalue weighted by molar-refractivity contribution is 0.288. The molecule has 0 atom stereocenters. The predicted molar refractivity (Wildman–Crippen MR) is 95.0 cm³/mol. The summed E-state index contributed by atoms with van der Waals surface area (Å²) in [6.45, 7) is 7.87. The Bertz CT molecular complexity index is 606. The largest absolute Gasteiger partial charge is 0.286 e. The molecule has 0 aliphatic carbocycles. The van der Waals surface area contributed by atoms with E-state index in [1.165, 1.54) is 0 Å². The van der Waals surface area contributed by atoms with Crippen molar-refractivity contribution in [1.82, 2.24) is 14.9 Å². The Balaban J connectivity index is 2.16. The van der Waals surface area contributed by atoms with Crippen molar-refractivity contribution in [1.29, 1.82) is 0 Å². The molecule has 2 aromatic heterocycles. The molecule has 0 fully saturated rings. The van der Waals surface area contributed by atoms with E-state index in [4.69, 9.17) is 0 Å². The van der Waals surface area contributed by atoms with Crippen molar-refractivity contribution in [2.24, 2.45) is 4.99 Å². The third kappa shape index (κ3) is 5.96. The maximum absolute atomic E-state index is 4.42. The normalized spacial score (nSPS) is 12.0. The highest BCUT2D eigenvalue weighted by molar-refractivity contribution is 5.96. The van der Waals surface area contributed by atoms with Crippen molar-refractivity contribution in [2.45, 2.75) is 20.0 Å². The van der Waals surface area contributed by atoms with E-state index in [2.05, 4.69) is 26.4 Å². The fourth-order valence-electron chi connectivity index (χ4n) is 2.28. The fourth-order valence-corrected chi connectivity index (χ4v) is 2.28. The smallest absolute Gasteiger partial charge is 0.0544 e. The standard InChI is InChI=1S/C19H22N4/c1-3-9-17(20-4-2)14-23(15-18-10-5-7-12-21-18)16-19-11-6-8-13-22-19/h3-13H,2,14-16H2,1H3/b9-3-,20-17?. The van der Waals surface area contributed by atoms with Crippen LogP contribution in [0.25, 0.3) is 0 Å². The minimum absolute atomic E-state index is 0.712. The number of allylic oxidation sites excluding steroid dienone is 1. The Kier molecular flexibility index (Phi) is 6.88. The number of aromatic nitrogens is 2. The van der Waals surface area contributed by atoms with Crippen molar-refractivity contribution in [3.05, 3.63) is 85.1 Å². The lowest BCUT2D eigenvalue weighted by atomic mass is 10.2. The summed E-state index contributed by atoms with van der Waals surface area (Å²) in [5.74, 6) is 0. The van der Waals surface area contributed by atoms with Crippen LogP contribution in [0.3, 0.4) is 0 Å². The second kappa shape index (κ2) is 9.43. The van der Waals surface area contributed by atoms with Crippen LogP contribution in [-0.4, -0.2) is 27.1 Å². The molecule has 0 saturated carbocycles. The SMILES string of the molecule is C=CN=C(/C=C\C)CN(Cc1ccccn1)Cc1ccccn1. The Hall–Kier alpha value is -2.59. The summed E-state index contributed by atoms with van der Waals surface area (Å²) in [7, 11) is 0. The number of hydrogen-bond acceptors (Lipinski definition) is 4. The van der Waals surface area contributed by atoms with Crippen LogP contribution in [0.2, 0.25) is 0 Å². The summed E-state index contributed by atoms with van der Waals surface area (Å²) >= 11 is 0. The van der Waals surface area contributed by atoms with Gasteiger partial charge in [-0.25, -0.2) is 0 Å². The molecule has 2 rings (SSSR count). The van der Waals surface area contributed by atoms with Crippen molar-refractivity contribution in [3.63, 3.8) is 0 Å². The van der Waals surface area contributed by atoms with Crippen molar-refractivity contribution in [2.75, 3.05) is 6.54 Å². The summed E-state index contributed by atoms with van der Waals surface area (Å²) < 4.78 is 0. The minimum atomic E-state index is 0.712. The van der Waals surface area contributed by atoms with Crippen LogP contribution in [0, 0.1) is 0 Å². The summed E-state index contributed by atoms with van der Waals surface area (Å²) in [6.07, 6.45) is 9.21. The van der Waals surface area contributed by atoms with Gasteiger partial charge in [-0.15, -0.1) is 0 Å².